The maximum absolute atomic E-state index is 6.54. The van der Waals surface area contributed by atoms with Gasteiger partial charge in [-0.15, -0.1) is 0 Å². The average Bonchev–Trinajstić information content (AvgIpc) is 3.18. The number of nitrogens with zero attached hydrogens (tertiary/aromatic N) is 2. The first-order valence-electron chi connectivity index (χ1n) is 6.71. The summed E-state index contributed by atoms with van der Waals surface area (Å²) in [5.41, 5.74) is 8.85. The first-order chi connectivity index (χ1) is 9.19. The van der Waals surface area contributed by atoms with Gasteiger partial charge in [-0.2, -0.15) is 5.10 Å². The Labute approximate surface area is 118 Å². The van der Waals surface area contributed by atoms with Gasteiger partial charge in [0.2, 0.25) is 0 Å². The normalized spacial score (nSPS) is 18.3. The molecule has 100 valence electrons. The smallest absolute Gasteiger partial charge is 0.0834 e. The molecule has 1 saturated carbocycles. The largest absolute Gasteiger partial charge is 0.322 e. The van der Waals surface area contributed by atoms with Crippen LogP contribution >= 0.6 is 11.6 Å². The van der Waals surface area contributed by atoms with E-state index in [9.17, 15) is 0 Å². The zero-order chi connectivity index (χ0) is 13.5. The molecule has 1 aliphatic carbocycles. The van der Waals surface area contributed by atoms with Crippen molar-refractivity contribution in [1.82, 2.24) is 9.78 Å². The molecule has 1 aliphatic rings. The molecular formula is C15H18ClN3. The number of aryl methyl sites for hydroxylation is 1. The van der Waals surface area contributed by atoms with Gasteiger partial charge < -0.3 is 5.73 Å². The Hall–Kier alpha value is -1.32. The van der Waals surface area contributed by atoms with E-state index in [0.29, 0.717) is 5.02 Å². The molecule has 1 atom stereocenters. The summed E-state index contributed by atoms with van der Waals surface area (Å²) in [6.45, 7) is 2.85. The zero-order valence-corrected chi connectivity index (χ0v) is 11.8. The third-order valence-electron chi connectivity index (χ3n) is 4.16. The molecule has 3 rings (SSSR count). The molecule has 19 heavy (non-hydrogen) atoms. The summed E-state index contributed by atoms with van der Waals surface area (Å²) in [5.74, 6) is 0. The van der Waals surface area contributed by atoms with E-state index in [1.165, 1.54) is 5.56 Å². The highest BCUT2D eigenvalue weighted by Crippen LogP contribution is 2.56. The minimum absolute atomic E-state index is 0.0395. The number of halogens is 1. The van der Waals surface area contributed by atoms with Gasteiger partial charge in [0.25, 0.3) is 0 Å². The Kier molecular flexibility index (Phi) is 3.11. The summed E-state index contributed by atoms with van der Waals surface area (Å²) in [5, 5.41) is 4.97. The summed E-state index contributed by atoms with van der Waals surface area (Å²) in [6, 6.07) is 10.4. The quantitative estimate of drug-likeness (QED) is 0.930. The fraction of sp³-hybridized carbons (Fsp3) is 0.400. The van der Waals surface area contributed by atoms with E-state index in [4.69, 9.17) is 17.3 Å². The van der Waals surface area contributed by atoms with Crippen LogP contribution in [-0.4, -0.2) is 9.78 Å². The van der Waals surface area contributed by atoms with Crippen LogP contribution in [0.15, 0.2) is 36.5 Å². The zero-order valence-electron chi connectivity index (χ0n) is 11.0. The number of rotatable bonds is 4. The van der Waals surface area contributed by atoms with Crippen molar-refractivity contribution < 1.29 is 0 Å². The van der Waals surface area contributed by atoms with Crippen molar-refractivity contribution >= 4 is 11.6 Å². The van der Waals surface area contributed by atoms with E-state index in [0.717, 1.165) is 25.1 Å². The van der Waals surface area contributed by atoms with E-state index >= 15 is 0 Å². The van der Waals surface area contributed by atoms with Crippen LogP contribution in [0.25, 0.3) is 0 Å². The standard InChI is InChI=1S/C15H18ClN3/c1-2-19-13(12(16)10-18-19)14(17)15(8-9-15)11-6-4-3-5-7-11/h3-7,10,14H,2,8-9,17H2,1H3. The molecule has 2 N–H and O–H groups in total. The lowest BCUT2D eigenvalue weighted by atomic mass is 9.86. The molecule has 1 aromatic carbocycles. The van der Waals surface area contributed by atoms with Crippen LogP contribution in [0.4, 0.5) is 0 Å². The lowest BCUT2D eigenvalue weighted by Gasteiger charge is -2.25. The molecule has 2 aromatic rings. The van der Waals surface area contributed by atoms with Crippen LogP contribution in [0.5, 0.6) is 0 Å². The summed E-state index contributed by atoms with van der Waals surface area (Å²) >= 11 is 6.28. The van der Waals surface area contributed by atoms with Gasteiger partial charge in [0.15, 0.2) is 0 Å². The van der Waals surface area contributed by atoms with Gasteiger partial charge in [-0.1, -0.05) is 41.9 Å². The van der Waals surface area contributed by atoms with E-state index in [-0.39, 0.29) is 11.5 Å². The molecule has 0 amide bonds. The predicted octanol–water partition coefficient (Wildman–Crippen LogP) is 3.29. The maximum Gasteiger partial charge on any atom is 0.0834 e. The second-order valence-electron chi connectivity index (χ2n) is 5.19. The number of nitrogens with two attached hydrogens (primary N) is 1. The second-order valence-corrected chi connectivity index (χ2v) is 5.60. The highest BCUT2D eigenvalue weighted by molar-refractivity contribution is 6.31. The summed E-state index contributed by atoms with van der Waals surface area (Å²) in [6.07, 6.45) is 3.92. The van der Waals surface area contributed by atoms with Gasteiger partial charge in [-0.25, -0.2) is 0 Å². The SMILES string of the molecule is CCn1ncc(Cl)c1C(N)C1(c2ccccc2)CC1. The molecular weight excluding hydrogens is 258 g/mol. The molecule has 0 aliphatic heterocycles. The lowest BCUT2D eigenvalue weighted by molar-refractivity contribution is 0.485. The lowest BCUT2D eigenvalue weighted by Crippen LogP contribution is -2.29. The fourth-order valence-electron chi connectivity index (χ4n) is 2.88. The van der Waals surface area contributed by atoms with E-state index in [1.807, 2.05) is 10.7 Å². The van der Waals surface area contributed by atoms with E-state index in [1.54, 1.807) is 6.20 Å². The highest BCUT2D eigenvalue weighted by atomic mass is 35.5. The molecule has 4 heteroatoms. The van der Waals surface area contributed by atoms with Crippen LogP contribution in [0.1, 0.15) is 37.1 Å². The number of benzene rings is 1. The Balaban J connectivity index is 2.00. The number of hydrogen-bond acceptors (Lipinski definition) is 2. The van der Waals surface area contributed by atoms with Crippen molar-refractivity contribution in [3.05, 3.63) is 52.8 Å². The highest BCUT2D eigenvalue weighted by Gasteiger charge is 2.51. The van der Waals surface area contributed by atoms with Crippen molar-refractivity contribution in [3.63, 3.8) is 0 Å². The van der Waals surface area contributed by atoms with Crippen molar-refractivity contribution in [1.29, 1.82) is 0 Å². The van der Waals surface area contributed by atoms with Crippen molar-refractivity contribution in [3.8, 4) is 0 Å². The minimum atomic E-state index is -0.0927. The van der Waals surface area contributed by atoms with Crippen LogP contribution in [0.2, 0.25) is 5.02 Å². The number of hydrogen-bond donors (Lipinski definition) is 1. The third kappa shape index (κ3) is 1.97. The van der Waals surface area contributed by atoms with Crippen molar-refractivity contribution in [2.45, 2.75) is 37.8 Å². The third-order valence-corrected chi connectivity index (χ3v) is 4.45. The molecule has 1 aromatic heterocycles. The summed E-state index contributed by atoms with van der Waals surface area (Å²) < 4.78 is 1.91. The average molecular weight is 276 g/mol. The summed E-state index contributed by atoms with van der Waals surface area (Å²) in [4.78, 5) is 0. The molecule has 1 fully saturated rings. The van der Waals surface area contributed by atoms with Crippen LogP contribution in [-0.2, 0) is 12.0 Å². The molecule has 3 nitrogen and oxygen atoms in total. The maximum atomic E-state index is 6.54. The van der Waals surface area contributed by atoms with Gasteiger partial charge in [0, 0.05) is 12.0 Å². The van der Waals surface area contributed by atoms with Gasteiger partial charge in [-0.05, 0) is 25.3 Å². The predicted molar refractivity (Wildman–Crippen MR) is 77.2 cm³/mol. The topological polar surface area (TPSA) is 43.8 Å². The Morgan fingerprint density at radius 3 is 2.63 bits per heavy atom. The monoisotopic (exact) mass is 275 g/mol. The Bertz CT molecular complexity index is 572. The number of aromatic nitrogens is 2. The molecule has 0 radical (unpaired) electrons. The van der Waals surface area contributed by atoms with Crippen LogP contribution in [0, 0.1) is 0 Å². The van der Waals surface area contributed by atoms with Gasteiger partial charge in [-0.3, -0.25) is 4.68 Å². The fourth-order valence-corrected chi connectivity index (χ4v) is 3.14. The van der Waals surface area contributed by atoms with Crippen molar-refractivity contribution in [2.24, 2.45) is 5.73 Å². The van der Waals surface area contributed by atoms with Crippen LogP contribution in [0.3, 0.4) is 0 Å². The van der Waals surface area contributed by atoms with Crippen LogP contribution < -0.4 is 5.73 Å². The first kappa shape index (κ1) is 12.7. The molecule has 0 spiro atoms. The van der Waals surface area contributed by atoms with Crippen molar-refractivity contribution in [2.75, 3.05) is 0 Å². The molecule has 1 unspecified atom stereocenters. The molecule has 0 bridgehead atoms. The Morgan fingerprint density at radius 2 is 2.05 bits per heavy atom. The van der Waals surface area contributed by atoms with Gasteiger partial charge in [0.1, 0.15) is 0 Å². The summed E-state index contributed by atoms with van der Waals surface area (Å²) in [7, 11) is 0. The Morgan fingerprint density at radius 1 is 1.37 bits per heavy atom. The van der Waals surface area contributed by atoms with E-state index in [2.05, 4.69) is 36.3 Å². The molecule has 1 heterocycles. The van der Waals surface area contributed by atoms with Gasteiger partial charge in [0.05, 0.1) is 23.0 Å². The van der Waals surface area contributed by atoms with E-state index < -0.39 is 0 Å². The molecule has 0 saturated heterocycles. The second kappa shape index (κ2) is 4.66. The minimum Gasteiger partial charge on any atom is -0.322 e. The first-order valence-corrected chi connectivity index (χ1v) is 7.09. The van der Waals surface area contributed by atoms with Gasteiger partial charge >= 0.3 is 0 Å².